The largest absolute Gasteiger partial charge is 0.416 e. The molecule has 4 rings (SSSR count). The third-order valence-corrected chi connectivity index (χ3v) is 4.49. The molecule has 138 valence electrons. The van der Waals surface area contributed by atoms with E-state index in [1.807, 2.05) is 79.7 Å². The highest BCUT2D eigenvalue weighted by Crippen LogP contribution is 2.24. The van der Waals surface area contributed by atoms with E-state index in [9.17, 15) is 4.79 Å². The van der Waals surface area contributed by atoms with Crippen molar-refractivity contribution in [2.75, 3.05) is 0 Å². The topological polar surface area (TPSA) is 68.0 Å². The Balaban J connectivity index is 1.47. The van der Waals surface area contributed by atoms with E-state index >= 15 is 0 Å². The van der Waals surface area contributed by atoms with Crippen molar-refractivity contribution in [2.24, 2.45) is 0 Å². The van der Waals surface area contributed by atoms with Gasteiger partial charge in [-0.3, -0.25) is 4.79 Å². The lowest BCUT2D eigenvalue weighted by atomic mass is 10.1. The number of rotatable bonds is 5. The molecule has 0 aliphatic heterocycles. The van der Waals surface area contributed by atoms with Gasteiger partial charge in [0, 0.05) is 16.7 Å². The first kappa shape index (κ1) is 17.7. The average Bonchev–Trinajstić information content (AvgIpc) is 3.25. The van der Waals surface area contributed by atoms with E-state index in [1.165, 1.54) is 0 Å². The summed E-state index contributed by atoms with van der Waals surface area (Å²) < 4.78 is 5.76. The maximum Gasteiger partial charge on any atom is 0.251 e. The van der Waals surface area contributed by atoms with Gasteiger partial charge in [0.05, 0.1) is 6.04 Å². The van der Waals surface area contributed by atoms with Gasteiger partial charge in [0.1, 0.15) is 0 Å². The molecule has 0 aliphatic carbocycles. The third kappa shape index (κ3) is 3.83. The van der Waals surface area contributed by atoms with Gasteiger partial charge in [0.2, 0.25) is 11.8 Å². The summed E-state index contributed by atoms with van der Waals surface area (Å²) in [6.07, 6.45) is 0. The molecule has 1 aromatic heterocycles. The van der Waals surface area contributed by atoms with Crippen LogP contribution in [0, 0.1) is 0 Å². The van der Waals surface area contributed by atoms with Crippen LogP contribution in [-0.4, -0.2) is 16.1 Å². The first-order valence-corrected chi connectivity index (χ1v) is 9.06. The average molecular weight is 369 g/mol. The standard InChI is InChI=1S/C23H19N3O2/c1-16(17-8-4-2-5-9-17)24-21(27)18-12-14-20(15-13-18)23-26-25-22(28-23)19-10-6-3-7-11-19/h2-16H,1H3,(H,24,27)/t16-/m0/s1. The highest BCUT2D eigenvalue weighted by atomic mass is 16.4. The lowest BCUT2D eigenvalue weighted by molar-refractivity contribution is 0.0940. The van der Waals surface area contributed by atoms with Crippen molar-refractivity contribution in [3.63, 3.8) is 0 Å². The third-order valence-electron chi connectivity index (χ3n) is 4.49. The fraction of sp³-hybridized carbons (Fsp3) is 0.0870. The summed E-state index contributed by atoms with van der Waals surface area (Å²) in [4.78, 5) is 12.5. The van der Waals surface area contributed by atoms with Crippen LogP contribution >= 0.6 is 0 Å². The van der Waals surface area contributed by atoms with Crippen LogP contribution in [0.25, 0.3) is 22.9 Å². The van der Waals surface area contributed by atoms with Gasteiger partial charge < -0.3 is 9.73 Å². The van der Waals surface area contributed by atoms with Crippen LogP contribution in [0.5, 0.6) is 0 Å². The molecule has 1 heterocycles. The van der Waals surface area contributed by atoms with E-state index in [0.717, 1.165) is 16.7 Å². The van der Waals surface area contributed by atoms with Crippen molar-refractivity contribution >= 4 is 5.91 Å². The second-order valence-electron chi connectivity index (χ2n) is 6.46. The highest BCUT2D eigenvalue weighted by Gasteiger charge is 2.13. The van der Waals surface area contributed by atoms with Crippen LogP contribution in [0.2, 0.25) is 0 Å². The van der Waals surface area contributed by atoms with E-state index < -0.39 is 0 Å². The summed E-state index contributed by atoms with van der Waals surface area (Å²) in [7, 11) is 0. The molecule has 0 unspecified atom stereocenters. The Hall–Kier alpha value is -3.73. The molecule has 0 saturated heterocycles. The van der Waals surface area contributed by atoms with E-state index in [4.69, 9.17) is 4.42 Å². The Kier molecular flexibility index (Phi) is 4.97. The fourth-order valence-corrected chi connectivity index (χ4v) is 2.91. The number of hydrogen-bond donors (Lipinski definition) is 1. The number of carbonyl (C=O) groups is 1. The van der Waals surface area contributed by atoms with Crippen LogP contribution in [0.3, 0.4) is 0 Å². The molecule has 5 heteroatoms. The Morgan fingerprint density at radius 1 is 0.786 bits per heavy atom. The molecular weight excluding hydrogens is 350 g/mol. The van der Waals surface area contributed by atoms with Crippen molar-refractivity contribution in [1.82, 2.24) is 15.5 Å². The number of nitrogens with one attached hydrogen (secondary N) is 1. The normalized spacial score (nSPS) is 11.8. The van der Waals surface area contributed by atoms with Crippen molar-refractivity contribution in [1.29, 1.82) is 0 Å². The second-order valence-corrected chi connectivity index (χ2v) is 6.46. The molecular formula is C23H19N3O2. The number of amides is 1. The predicted molar refractivity (Wildman–Crippen MR) is 107 cm³/mol. The zero-order chi connectivity index (χ0) is 19.3. The number of carbonyl (C=O) groups excluding carboxylic acids is 1. The summed E-state index contributed by atoms with van der Waals surface area (Å²) in [5.74, 6) is 0.760. The van der Waals surface area contributed by atoms with Gasteiger partial charge in [-0.1, -0.05) is 48.5 Å². The highest BCUT2D eigenvalue weighted by molar-refractivity contribution is 5.94. The summed E-state index contributed by atoms with van der Waals surface area (Å²) in [5.41, 5.74) is 3.27. The lowest BCUT2D eigenvalue weighted by Gasteiger charge is -2.14. The molecule has 0 bridgehead atoms. The molecule has 1 atom stereocenters. The van der Waals surface area contributed by atoms with Gasteiger partial charge in [-0.05, 0) is 48.9 Å². The minimum absolute atomic E-state index is 0.0715. The number of benzene rings is 3. The van der Waals surface area contributed by atoms with Gasteiger partial charge in [-0.15, -0.1) is 10.2 Å². The van der Waals surface area contributed by atoms with E-state index in [2.05, 4.69) is 15.5 Å². The maximum atomic E-state index is 12.5. The van der Waals surface area contributed by atoms with E-state index in [-0.39, 0.29) is 11.9 Å². The first-order valence-electron chi connectivity index (χ1n) is 9.06. The van der Waals surface area contributed by atoms with Crippen LogP contribution < -0.4 is 5.32 Å². The fourth-order valence-electron chi connectivity index (χ4n) is 2.91. The first-order chi connectivity index (χ1) is 13.7. The van der Waals surface area contributed by atoms with E-state index in [1.54, 1.807) is 12.1 Å². The molecule has 1 amide bonds. The number of hydrogen-bond acceptors (Lipinski definition) is 4. The Labute approximate surface area is 163 Å². The predicted octanol–water partition coefficient (Wildman–Crippen LogP) is 4.89. The molecule has 28 heavy (non-hydrogen) atoms. The van der Waals surface area contributed by atoms with Crippen molar-refractivity contribution < 1.29 is 9.21 Å². The zero-order valence-electron chi connectivity index (χ0n) is 15.4. The molecule has 1 N–H and O–H groups in total. The zero-order valence-corrected chi connectivity index (χ0v) is 15.4. The quantitative estimate of drug-likeness (QED) is 0.544. The molecule has 3 aromatic carbocycles. The van der Waals surface area contributed by atoms with Gasteiger partial charge in [-0.25, -0.2) is 0 Å². The van der Waals surface area contributed by atoms with Gasteiger partial charge in [0.25, 0.3) is 5.91 Å². The van der Waals surface area contributed by atoms with Crippen LogP contribution in [0.4, 0.5) is 0 Å². The summed E-state index contributed by atoms with van der Waals surface area (Å²) >= 11 is 0. The number of nitrogens with zero attached hydrogens (tertiary/aromatic N) is 2. The van der Waals surface area contributed by atoms with Gasteiger partial charge in [-0.2, -0.15) is 0 Å². The maximum absolute atomic E-state index is 12.5. The van der Waals surface area contributed by atoms with Crippen molar-refractivity contribution in [3.05, 3.63) is 96.1 Å². The summed E-state index contributed by atoms with van der Waals surface area (Å²) in [6, 6.07) is 26.5. The second kappa shape index (κ2) is 7.88. The van der Waals surface area contributed by atoms with Crippen LogP contribution in [-0.2, 0) is 0 Å². The summed E-state index contributed by atoms with van der Waals surface area (Å²) in [5, 5.41) is 11.2. The lowest BCUT2D eigenvalue weighted by Crippen LogP contribution is -2.26. The Morgan fingerprint density at radius 2 is 1.32 bits per heavy atom. The monoisotopic (exact) mass is 369 g/mol. The molecule has 4 aromatic rings. The Morgan fingerprint density at radius 3 is 1.93 bits per heavy atom. The Bertz CT molecular complexity index is 1060. The minimum atomic E-state index is -0.126. The SMILES string of the molecule is C[C@H](NC(=O)c1ccc(-c2nnc(-c3ccccc3)o2)cc1)c1ccccc1. The smallest absolute Gasteiger partial charge is 0.251 e. The molecule has 5 nitrogen and oxygen atoms in total. The molecule has 0 aliphatic rings. The van der Waals surface area contributed by atoms with E-state index in [0.29, 0.717) is 17.3 Å². The minimum Gasteiger partial charge on any atom is -0.416 e. The van der Waals surface area contributed by atoms with Crippen LogP contribution in [0.15, 0.2) is 89.3 Å². The van der Waals surface area contributed by atoms with Gasteiger partial charge >= 0.3 is 0 Å². The molecule has 0 spiro atoms. The molecule has 0 fully saturated rings. The van der Waals surface area contributed by atoms with Crippen molar-refractivity contribution in [3.8, 4) is 22.9 Å². The molecule has 0 radical (unpaired) electrons. The van der Waals surface area contributed by atoms with Crippen LogP contribution in [0.1, 0.15) is 28.9 Å². The molecule has 0 saturated carbocycles. The van der Waals surface area contributed by atoms with Gasteiger partial charge in [0.15, 0.2) is 0 Å². The van der Waals surface area contributed by atoms with Crippen molar-refractivity contribution in [2.45, 2.75) is 13.0 Å². The number of aromatic nitrogens is 2. The summed E-state index contributed by atoms with van der Waals surface area (Å²) in [6.45, 7) is 1.96.